The Kier molecular flexibility index (Phi) is 5.76. The van der Waals surface area contributed by atoms with Crippen LogP contribution in [-0.4, -0.2) is 13.2 Å². The first-order valence-corrected chi connectivity index (χ1v) is 6.15. The van der Waals surface area contributed by atoms with E-state index in [1.165, 1.54) is 5.56 Å². The molecule has 1 saturated heterocycles. The van der Waals surface area contributed by atoms with Crippen molar-refractivity contribution in [3.05, 3.63) is 34.3 Å². The predicted molar refractivity (Wildman–Crippen MR) is 71.9 cm³/mol. The summed E-state index contributed by atoms with van der Waals surface area (Å²) >= 11 is 3.43. The zero-order valence-electron chi connectivity index (χ0n) is 9.06. The van der Waals surface area contributed by atoms with Crippen LogP contribution < -0.4 is 5.73 Å². The maximum absolute atomic E-state index is 6.25. The molecule has 0 bridgehead atoms. The summed E-state index contributed by atoms with van der Waals surface area (Å²) in [4.78, 5) is 0. The Hall–Kier alpha value is -0.0900. The third-order valence-corrected chi connectivity index (χ3v) is 3.56. The average molecular weight is 307 g/mol. The number of benzene rings is 1. The van der Waals surface area contributed by atoms with Crippen molar-refractivity contribution >= 4 is 28.3 Å². The Bertz CT molecular complexity index is 311. The van der Waals surface area contributed by atoms with Crippen LogP contribution in [0, 0.1) is 5.92 Å². The summed E-state index contributed by atoms with van der Waals surface area (Å²) < 4.78 is 6.44. The van der Waals surface area contributed by atoms with Gasteiger partial charge in [-0.15, -0.1) is 12.4 Å². The van der Waals surface area contributed by atoms with E-state index in [1.807, 2.05) is 0 Å². The van der Waals surface area contributed by atoms with Gasteiger partial charge in [0.05, 0.1) is 0 Å². The maximum atomic E-state index is 6.25. The number of rotatable bonds is 2. The van der Waals surface area contributed by atoms with Gasteiger partial charge in [0.2, 0.25) is 0 Å². The molecule has 0 amide bonds. The summed E-state index contributed by atoms with van der Waals surface area (Å²) in [5.41, 5.74) is 7.48. The van der Waals surface area contributed by atoms with Crippen molar-refractivity contribution < 1.29 is 4.74 Å². The summed E-state index contributed by atoms with van der Waals surface area (Å²) in [6, 6.07) is 8.46. The van der Waals surface area contributed by atoms with Gasteiger partial charge < -0.3 is 10.5 Å². The minimum Gasteiger partial charge on any atom is -0.381 e. The van der Waals surface area contributed by atoms with Gasteiger partial charge in [-0.05, 0) is 36.5 Å². The molecule has 2 N–H and O–H groups in total. The van der Waals surface area contributed by atoms with E-state index < -0.39 is 0 Å². The number of ether oxygens (including phenoxy) is 1. The van der Waals surface area contributed by atoms with Gasteiger partial charge in [-0.3, -0.25) is 0 Å². The van der Waals surface area contributed by atoms with Crippen LogP contribution in [0.5, 0.6) is 0 Å². The van der Waals surface area contributed by atoms with E-state index in [2.05, 4.69) is 40.2 Å². The second-order valence-corrected chi connectivity index (χ2v) is 4.94. The molecule has 0 aromatic heterocycles. The van der Waals surface area contributed by atoms with E-state index in [1.54, 1.807) is 0 Å². The molecule has 1 atom stereocenters. The minimum atomic E-state index is 0. The van der Waals surface area contributed by atoms with Crippen LogP contribution in [0.4, 0.5) is 0 Å². The Labute approximate surface area is 111 Å². The molecule has 0 unspecified atom stereocenters. The SMILES string of the molecule is Cl.N[C@H](c1ccc(Br)cc1)C1CCOCC1. The first-order chi connectivity index (χ1) is 7.27. The van der Waals surface area contributed by atoms with Gasteiger partial charge >= 0.3 is 0 Å². The highest BCUT2D eigenvalue weighted by molar-refractivity contribution is 9.10. The number of halogens is 2. The van der Waals surface area contributed by atoms with Crippen molar-refractivity contribution in [3.8, 4) is 0 Å². The first kappa shape index (κ1) is 14.0. The van der Waals surface area contributed by atoms with Gasteiger partial charge in [-0.2, -0.15) is 0 Å². The van der Waals surface area contributed by atoms with Gasteiger partial charge in [-0.1, -0.05) is 28.1 Å². The molecule has 1 aliphatic rings. The summed E-state index contributed by atoms with van der Waals surface area (Å²) in [5.74, 6) is 0.569. The molecule has 1 aromatic rings. The van der Waals surface area contributed by atoms with E-state index in [0.29, 0.717) is 5.92 Å². The smallest absolute Gasteiger partial charge is 0.0469 e. The average Bonchev–Trinajstić information content (AvgIpc) is 2.30. The molecule has 0 saturated carbocycles. The van der Waals surface area contributed by atoms with Gasteiger partial charge in [0.1, 0.15) is 0 Å². The van der Waals surface area contributed by atoms with Crippen molar-refractivity contribution in [2.75, 3.05) is 13.2 Å². The molecule has 1 heterocycles. The van der Waals surface area contributed by atoms with Crippen LogP contribution >= 0.6 is 28.3 Å². The van der Waals surface area contributed by atoms with Gasteiger partial charge in [0.15, 0.2) is 0 Å². The second kappa shape index (κ2) is 6.60. The lowest BCUT2D eigenvalue weighted by Crippen LogP contribution is -2.27. The van der Waals surface area contributed by atoms with Crippen molar-refractivity contribution in [3.63, 3.8) is 0 Å². The number of nitrogens with two attached hydrogens (primary N) is 1. The lowest BCUT2D eigenvalue weighted by Gasteiger charge is -2.27. The Morgan fingerprint density at radius 2 is 1.75 bits per heavy atom. The highest BCUT2D eigenvalue weighted by Gasteiger charge is 2.21. The van der Waals surface area contributed by atoms with Gasteiger partial charge in [0, 0.05) is 23.7 Å². The molecule has 0 spiro atoms. The van der Waals surface area contributed by atoms with Crippen molar-refractivity contribution in [1.82, 2.24) is 0 Å². The fourth-order valence-electron chi connectivity index (χ4n) is 2.03. The maximum Gasteiger partial charge on any atom is 0.0469 e. The number of hydrogen-bond acceptors (Lipinski definition) is 2. The normalized spacial score (nSPS) is 18.9. The quantitative estimate of drug-likeness (QED) is 0.910. The molecule has 90 valence electrons. The van der Waals surface area contributed by atoms with Crippen LogP contribution in [0.1, 0.15) is 24.4 Å². The lowest BCUT2D eigenvalue weighted by molar-refractivity contribution is 0.0584. The Morgan fingerprint density at radius 1 is 1.19 bits per heavy atom. The molecule has 2 rings (SSSR count). The third-order valence-electron chi connectivity index (χ3n) is 3.03. The van der Waals surface area contributed by atoms with E-state index in [-0.39, 0.29) is 18.4 Å². The van der Waals surface area contributed by atoms with Crippen molar-refractivity contribution in [2.45, 2.75) is 18.9 Å². The van der Waals surface area contributed by atoms with Crippen LogP contribution in [0.2, 0.25) is 0 Å². The van der Waals surface area contributed by atoms with E-state index in [0.717, 1.165) is 30.5 Å². The molecule has 2 nitrogen and oxygen atoms in total. The van der Waals surface area contributed by atoms with Crippen LogP contribution in [0.3, 0.4) is 0 Å². The standard InChI is InChI=1S/C12H16BrNO.ClH/c13-11-3-1-9(2-4-11)12(14)10-5-7-15-8-6-10;/h1-4,10,12H,5-8,14H2;1H/t12-;/m1./s1. The van der Waals surface area contributed by atoms with Crippen LogP contribution in [0.25, 0.3) is 0 Å². The molecular weight excluding hydrogens is 289 g/mol. The summed E-state index contributed by atoms with van der Waals surface area (Å²) in [6.07, 6.45) is 2.16. The minimum absolute atomic E-state index is 0. The molecule has 16 heavy (non-hydrogen) atoms. The molecule has 0 aliphatic carbocycles. The molecule has 1 aliphatic heterocycles. The Morgan fingerprint density at radius 3 is 2.31 bits per heavy atom. The fraction of sp³-hybridized carbons (Fsp3) is 0.500. The highest BCUT2D eigenvalue weighted by atomic mass is 79.9. The summed E-state index contributed by atoms with van der Waals surface area (Å²) in [5, 5.41) is 0. The molecule has 1 fully saturated rings. The van der Waals surface area contributed by atoms with Crippen molar-refractivity contribution in [1.29, 1.82) is 0 Å². The van der Waals surface area contributed by atoms with E-state index >= 15 is 0 Å². The largest absolute Gasteiger partial charge is 0.381 e. The lowest BCUT2D eigenvalue weighted by atomic mass is 9.88. The number of hydrogen-bond donors (Lipinski definition) is 1. The highest BCUT2D eigenvalue weighted by Crippen LogP contribution is 2.28. The molecular formula is C12H17BrClNO. The zero-order valence-corrected chi connectivity index (χ0v) is 11.5. The monoisotopic (exact) mass is 305 g/mol. The van der Waals surface area contributed by atoms with Crippen molar-refractivity contribution in [2.24, 2.45) is 11.7 Å². The molecule has 4 heteroatoms. The second-order valence-electron chi connectivity index (χ2n) is 4.03. The predicted octanol–water partition coefficient (Wildman–Crippen LogP) is 3.30. The summed E-state index contributed by atoms with van der Waals surface area (Å²) in [6.45, 7) is 1.71. The van der Waals surface area contributed by atoms with Crippen LogP contribution in [0.15, 0.2) is 28.7 Å². The first-order valence-electron chi connectivity index (χ1n) is 5.36. The summed E-state index contributed by atoms with van der Waals surface area (Å²) in [7, 11) is 0. The van der Waals surface area contributed by atoms with Gasteiger partial charge in [-0.25, -0.2) is 0 Å². The molecule has 1 aromatic carbocycles. The Balaban J connectivity index is 0.00000128. The molecule has 0 radical (unpaired) electrons. The zero-order chi connectivity index (χ0) is 10.7. The third kappa shape index (κ3) is 3.45. The fourth-order valence-corrected chi connectivity index (χ4v) is 2.30. The topological polar surface area (TPSA) is 35.2 Å². The van der Waals surface area contributed by atoms with Crippen LogP contribution in [-0.2, 0) is 4.74 Å². The van der Waals surface area contributed by atoms with E-state index in [4.69, 9.17) is 10.5 Å². The van der Waals surface area contributed by atoms with E-state index in [9.17, 15) is 0 Å². The van der Waals surface area contributed by atoms with Gasteiger partial charge in [0.25, 0.3) is 0 Å².